The summed E-state index contributed by atoms with van der Waals surface area (Å²) in [5.41, 5.74) is 2.88. The standard InChI is InChI=1S/C22H25ClN6O2S/c1-32-22-27-19-17(14-2-5-16(18(23)10-14)20(30)26-15-3-4-15)12-25-29(19)21(28-22)24-11-13-6-8-31-9-7-13/h2,5,10,12-13,15H,3-4,6-9,11H2,1H3,(H,26,30)(H,24,27,28). The van der Waals surface area contributed by atoms with Crippen molar-refractivity contribution in [1.82, 2.24) is 24.9 Å². The van der Waals surface area contributed by atoms with E-state index in [0.29, 0.717) is 33.3 Å². The van der Waals surface area contributed by atoms with Gasteiger partial charge >= 0.3 is 0 Å². The van der Waals surface area contributed by atoms with Crippen LogP contribution < -0.4 is 10.6 Å². The molecular formula is C22H25ClN6O2S. The van der Waals surface area contributed by atoms with Gasteiger partial charge in [0.2, 0.25) is 5.95 Å². The van der Waals surface area contributed by atoms with Gasteiger partial charge in [0.1, 0.15) is 0 Å². The molecule has 0 bridgehead atoms. The highest BCUT2D eigenvalue weighted by Crippen LogP contribution is 2.30. The molecule has 2 N–H and O–H groups in total. The van der Waals surface area contributed by atoms with Crippen LogP contribution >= 0.6 is 23.4 Å². The van der Waals surface area contributed by atoms with Gasteiger partial charge in [0.25, 0.3) is 5.91 Å². The van der Waals surface area contributed by atoms with E-state index in [1.54, 1.807) is 22.8 Å². The molecule has 32 heavy (non-hydrogen) atoms. The predicted molar refractivity (Wildman–Crippen MR) is 126 cm³/mol. The topological polar surface area (TPSA) is 93.4 Å². The van der Waals surface area contributed by atoms with Gasteiger partial charge in [-0.1, -0.05) is 29.4 Å². The highest BCUT2D eigenvalue weighted by atomic mass is 35.5. The molecule has 2 aromatic heterocycles. The van der Waals surface area contributed by atoms with Gasteiger partial charge in [0.15, 0.2) is 10.8 Å². The number of thioether (sulfide) groups is 1. The molecule has 1 aliphatic heterocycles. The fourth-order valence-electron chi connectivity index (χ4n) is 3.81. The second kappa shape index (κ2) is 9.25. The number of hydrogen-bond donors (Lipinski definition) is 2. The minimum Gasteiger partial charge on any atom is -0.381 e. The zero-order valence-corrected chi connectivity index (χ0v) is 19.4. The Morgan fingerprint density at radius 2 is 2.06 bits per heavy atom. The molecule has 0 unspecified atom stereocenters. The molecule has 1 aromatic carbocycles. The van der Waals surface area contributed by atoms with Gasteiger partial charge in [0, 0.05) is 31.4 Å². The molecular weight excluding hydrogens is 448 g/mol. The quantitative estimate of drug-likeness (QED) is 0.503. The van der Waals surface area contributed by atoms with E-state index in [-0.39, 0.29) is 11.9 Å². The first-order valence-electron chi connectivity index (χ1n) is 10.8. The Hall–Kier alpha value is -2.36. The van der Waals surface area contributed by atoms with Crippen LogP contribution in [0.4, 0.5) is 5.95 Å². The van der Waals surface area contributed by atoms with Crippen LogP contribution in [0.2, 0.25) is 5.02 Å². The number of carbonyl (C=O) groups is 1. The van der Waals surface area contributed by atoms with Gasteiger partial charge in [0.05, 0.1) is 16.8 Å². The highest BCUT2D eigenvalue weighted by molar-refractivity contribution is 7.98. The highest BCUT2D eigenvalue weighted by Gasteiger charge is 2.25. The Bertz CT molecular complexity index is 1140. The van der Waals surface area contributed by atoms with Crippen LogP contribution in [0.15, 0.2) is 29.6 Å². The van der Waals surface area contributed by atoms with Crippen molar-refractivity contribution in [2.45, 2.75) is 36.9 Å². The maximum absolute atomic E-state index is 12.4. The summed E-state index contributed by atoms with van der Waals surface area (Å²) in [6, 6.07) is 5.74. The number of benzene rings is 1. The maximum atomic E-state index is 12.4. The summed E-state index contributed by atoms with van der Waals surface area (Å²) in [5.74, 6) is 1.09. The Morgan fingerprint density at radius 1 is 1.25 bits per heavy atom. The van der Waals surface area contributed by atoms with Crippen molar-refractivity contribution >= 4 is 40.9 Å². The largest absolute Gasteiger partial charge is 0.381 e. The van der Waals surface area contributed by atoms with Crippen LogP contribution in [0.3, 0.4) is 0 Å². The average molecular weight is 473 g/mol. The Morgan fingerprint density at radius 3 is 2.78 bits per heavy atom. The van der Waals surface area contributed by atoms with Crippen molar-refractivity contribution in [2.75, 3.05) is 31.3 Å². The first-order chi connectivity index (χ1) is 15.6. The summed E-state index contributed by atoms with van der Waals surface area (Å²) in [5, 5.41) is 12.1. The number of fused-ring (bicyclic) bond motifs is 1. The third kappa shape index (κ3) is 4.55. The molecule has 168 valence electrons. The smallest absolute Gasteiger partial charge is 0.253 e. The lowest BCUT2D eigenvalue weighted by atomic mass is 10.0. The number of carbonyl (C=O) groups excluding carboxylic acids is 1. The van der Waals surface area contributed by atoms with Crippen molar-refractivity contribution in [3.63, 3.8) is 0 Å². The monoisotopic (exact) mass is 472 g/mol. The summed E-state index contributed by atoms with van der Waals surface area (Å²) in [7, 11) is 0. The lowest BCUT2D eigenvalue weighted by Crippen LogP contribution is -2.25. The number of halogens is 1. The molecule has 0 atom stereocenters. The van der Waals surface area contributed by atoms with E-state index in [4.69, 9.17) is 21.3 Å². The van der Waals surface area contributed by atoms with Crippen LogP contribution in [0.25, 0.3) is 16.8 Å². The van der Waals surface area contributed by atoms with Crippen LogP contribution in [0.5, 0.6) is 0 Å². The number of ether oxygens (including phenoxy) is 1. The number of aromatic nitrogens is 4. The van der Waals surface area contributed by atoms with Crippen LogP contribution in [-0.2, 0) is 4.74 Å². The van der Waals surface area contributed by atoms with Crippen LogP contribution in [-0.4, -0.2) is 57.5 Å². The molecule has 5 rings (SSSR count). The van der Waals surface area contributed by atoms with Gasteiger partial charge in [-0.25, -0.2) is 4.98 Å². The van der Waals surface area contributed by atoms with Crippen LogP contribution in [0, 0.1) is 5.92 Å². The van der Waals surface area contributed by atoms with E-state index >= 15 is 0 Å². The molecule has 1 saturated carbocycles. The Kier molecular flexibility index (Phi) is 6.21. The van der Waals surface area contributed by atoms with Crippen LogP contribution in [0.1, 0.15) is 36.0 Å². The fraction of sp³-hybridized carbons (Fsp3) is 0.455. The first-order valence-corrected chi connectivity index (χ1v) is 12.4. The van der Waals surface area contributed by atoms with E-state index in [9.17, 15) is 4.79 Å². The number of nitrogens with zero attached hydrogens (tertiary/aromatic N) is 4. The summed E-state index contributed by atoms with van der Waals surface area (Å²) in [6.45, 7) is 2.43. The number of anilines is 1. The van der Waals surface area contributed by atoms with Gasteiger partial charge in [-0.3, -0.25) is 4.79 Å². The zero-order chi connectivity index (χ0) is 22.1. The lowest BCUT2D eigenvalue weighted by Gasteiger charge is -2.22. The molecule has 2 aliphatic rings. The average Bonchev–Trinajstić information content (AvgIpc) is 3.52. The molecule has 1 amide bonds. The first kappa shape index (κ1) is 21.5. The molecule has 8 nitrogen and oxygen atoms in total. The summed E-state index contributed by atoms with van der Waals surface area (Å²) < 4.78 is 7.19. The van der Waals surface area contributed by atoms with Crippen molar-refractivity contribution in [3.05, 3.63) is 35.0 Å². The molecule has 0 radical (unpaired) electrons. The second-order valence-electron chi connectivity index (χ2n) is 8.21. The minimum absolute atomic E-state index is 0.129. The third-order valence-electron chi connectivity index (χ3n) is 5.86. The third-order valence-corrected chi connectivity index (χ3v) is 6.72. The summed E-state index contributed by atoms with van der Waals surface area (Å²) >= 11 is 7.96. The Labute approximate surface area is 195 Å². The molecule has 1 saturated heterocycles. The zero-order valence-electron chi connectivity index (χ0n) is 17.8. The molecule has 10 heteroatoms. The molecule has 3 heterocycles. The number of amides is 1. The van der Waals surface area contributed by atoms with Crippen molar-refractivity contribution in [1.29, 1.82) is 0 Å². The Balaban J connectivity index is 1.44. The van der Waals surface area contributed by atoms with Gasteiger partial charge in [-0.05, 0) is 55.6 Å². The number of rotatable bonds is 7. The second-order valence-corrected chi connectivity index (χ2v) is 9.39. The number of nitrogens with one attached hydrogen (secondary N) is 2. The van der Waals surface area contributed by atoms with E-state index in [0.717, 1.165) is 56.6 Å². The normalized spacial score (nSPS) is 16.9. The van der Waals surface area contributed by atoms with E-state index < -0.39 is 0 Å². The minimum atomic E-state index is -0.129. The molecule has 0 spiro atoms. The van der Waals surface area contributed by atoms with Gasteiger partial charge in [-0.2, -0.15) is 14.6 Å². The van der Waals surface area contributed by atoms with Crippen molar-refractivity contribution in [2.24, 2.45) is 5.92 Å². The van der Waals surface area contributed by atoms with E-state index in [1.165, 1.54) is 11.8 Å². The summed E-state index contributed by atoms with van der Waals surface area (Å²) in [4.78, 5) is 21.7. The van der Waals surface area contributed by atoms with Gasteiger partial charge < -0.3 is 15.4 Å². The molecule has 2 fully saturated rings. The molecule has 1 aliphatic carbocycles. The van der Waals surface area contributed by atoms with E-state index in [1.807, 2.05) is 12.3 Å². The lowest BCUT2D eigenvalue weighted by molar-refractivity contribution is 0.0699. The molecule has 3 aromatic rings. The van der Waals surface area contributed by atoms with Crippen molar-refractivity contribution in [3.8, 4) is 11.1 Å². The van der Waals surface area contributed by atoms with Gasteiger partial charge in [-0.15, -0.1) is 0 Å². The fourth-order valence-corrected chi connectivity index (χ4v) is 4.43. The SMILES string of the molecule is CSc1nc(NCC2CCOCC2)n2ncc(-c3ccc(C(=O)NC4CC4)c(Cl)c3)c2n1. The van der Waals surface area contributed by atoms with Crippen molar-refractivity contribution < 1.29 is 9.53 Å². The maximum Gasteiger partial charge on any atom is 0.253 e. The summed E-state index contributed by atoms with van der Waals surface area (Å²) in [6.07, 6.45) is 7.87. The predicted octanol–water partition coefficient (Wildman–Crippen LogP) is 3.90. The van der Waals surface area contributed by atoms with E-state index in [2.05, 4.69) is 20.7 Å². The number of hydrogen-bond acceptors (Lipinski definition) is 7.